The first-order chi connectivity index (χ1) is 5.11. The van der Waals surface area contributed by atoms with Gasteiger partial charge in [-0.25, -0.2) is 6.07 Å². The SMILES string of the molecule is CC(C)c1c[cH-]c(C(C)C)c1.[Cl-].[Cl-].[Hf]. The van der Waals surface area contributed by atoms with Crippen molar-refractivity contribution >= 4 is 0 Å². The maximum absolute atomic E-state index is 2.31. The van der Waals surface area contributed by atoms with Crippen LogP contribution in [-0.2, 0) is 25.8 Å². The van der Waals surface area contributed by atoms with Gasteiger partial charge in [-0.1, -0.05) is 33.6 Å². The van der Waals surface area contributed by atoms with Crippen LogP contribution in [0.5, 0.6) is 0 Å². The molecule has 1 aromatic rings. The second-order valence-corrected chi connectivity index (χ2v) is 3.79. The minimum absolute atomic E-state index is 0. The Balaban J connectivity index is -0.000000403. The van der Waals surface area contributed by atoms with Crippen molar-refractivity contribution in [1.29, 1.82) is 0 Å². The van der Waals surface area contributed by atoms with E-state index in [4.69, 9.17) is 0 Å². The normalized spacial score (nSPS) is 9.00. The van der Waals surface area contributed by atoms with E-state index in [0.29, 0.717) is 11.8 Å². The Labute approximate surface area is 119 Å². The molecule has 1 aromatic carbocycles. The Morgan fingerprint density at radius 3 is 1.71 bits per heavy atom. The molecule has 0 N–H and O–H groups in total. The average Bonchev–Trinajstić information content (AvgIpc) is 2.33. The summed E-state index contributed by atoms with van der Waals surface area (Å²) in [6.45, 7) is 8.94. The fourth-order valence-corrected chi connectivity index (χ4v) is 1.20. The van der Waals surface area contributed by atoms with Crippen LogP contribution in [0.15, 0.2) is 18.2 Å². The van der Waals surface area contributed by atoms with Gasteiger partial charge in [0, 0.05) is 25.8 Å². The number of rotatable bonds is 2. The van der Waals surface area contributed by atoms with Gasteiger partial charge in [0.05, 0.1) is 0 Å². The van der Waals surface area contributed by atoms with Gasteiger partial charge in [-0.2, -0.15) is 23.3 Å². The van der Waals surface area contributed by atoms with E-state index in [-0.39, 0.29) is 50.7 Å². The van der Waals surface area contributed by atoms with Crippen LogP contribution < -0.4 is 24.8 Å². The Morgan fingerprint density at radius 2 is 1.50 bits per heavy atom. The summed E-state index contributed by atoms with van der Waals surface area (Å²) >= 11 is 0. The van der Waals surface area contributed by atoms with E-state index in [1.165, 1.54) is 11.1 Å². The molecule has 0 aromatic heterocycles. The summed E-state index contributed by atoms with van der Waals surface area (Å²) in [5, 5.41) is 0. The number of hydrogen-bond donors (Lipinski definition) is 0. The van der Waals surface area contributed by atoms with Crippen LogP contribution in [0.2, 0.25) is 0 Å². The van der Waals surface area contributed by atoms with Crippen molar-refractivity contribution in [3.05, 3.63) is 29.3 Å². The predicted octanol–water partition coefficient (Wildman–Crippen LogP) is -2.34. The van der Waals surface area contributed by atoms with Crippen molar-refractivity contribution in [1.82, 2.24) is 0 Å². The second-order valence-electron chi connectivity index (χ2n) is 3.79. The van der Waals surface area contributed by atoms with Gasteiger partial charge < -0.3 is 24.8 Å². The third-order valence-electron chi connectivity index (χ3n) is 2.13. The fourth-order valence-electron chi connectivity index (χ4n) is 1.20. The van der Waals surface area contributed by atoms with Crippen LogP contribution in [0.3, 0.4) is 0 Å². The third kappa shape index (κ3) is 5.63. The van der Waals surface area contributed by atoms with E-state index in [0.717, 1.165) is 0 Å². The monoisotopic (exact) mass is 399 g/mol. The van der Waals surface area contributed by atoms with Crippen molar-refractivity contribution in [2.45, 2.75) is 39.5 Å². The van der Waals surface area contributed by atoms with Crippen molar-refractivity contribution in [3.63, 3.8) is 0 Å². The number of hydrogen-bond acceptors (Lipinski definition) is 0. The van der Waals surface area contributed by atoms with Crippen LogP contribution in [0, 0.1) is 0 Å². The van der Waals surface area contributed by atoms with Crippen LogP contribution in [0.1, 0.15) is 50.7 Å². The summed E-state index contributed by atoms with van der Waals surface area (Å²) in [5.74, 6) is 1.34. The Morgan fingerprint density at radius 1 is 1.00 bits per heavy atom. The molecule has 0 saturated heterocycles. The van der Waals surface area contributed by atoms with E-state index in [2.05, 4.69) is 45.9 Å². The molecule has 0 aliphatic rings. The maximum Gasteiger partial charge on any atom is 0 e. The predicted molar refractivity (Wildman–Crippen MR) is 50.2 cm³/mol. The van der Waals surface area contributed by atoms with Gasteiger partial charge in [0.25, 0.3) is 0 Å². The molecule has 1 rings (SSSR count). The largest absolute Gasteiger partial charge is 1.00 e. The van der Waals surface area contributed by atoms with Gasteiger partial charge in [0.15, 0.2) is 0 Å². The Bertz CT molecular complexity index is 206. The van der Waals surface area contributed by atoms with Crippen LogP contribution in [0.25, 0.3) is 0 Å². The molecule has 0 aliphatic heterocycles. The molecule has 0 radical (unpaired) electrons. The number of halogens is 2. The molecular weight excluding hydrogens is 382 g/mol. The molecule has 0 saturated carbocycles. The molecule has 14 heavy (non-hydrogen) atoms. The second kappa shape index (κ2) is 9.06. The van der Waals surface area contributed by atoms with E-state index in [1.807, 2.05) is 0 Å². The van der Waals surface area contributed by atoms with Crippen LogP contribution >= 0.6 is 0 Å². The Kier molecular flexibility index (Phi) is 13.1. The Hall–Kier alpha value is 0.800. The summed E-state index contributed by atoms with van der Waals surface area (Å²) in [5.41, 5.74) is 2.93. The zero-order valence-corrected chi connectivity index (χ0v) is 14.2. The maximum atomic E-state index is 2.31. The molecule has 82 valence electrons. The molecule has 0 bridgehead atoms. The minimum Gasteiger partial charge on any atom is -1.00 e. The summed E-state index contributed by atoms with van der Waals surface area (Å²) in [4.78, 5) is 0. The summed E-state index contributed by atoms with van der Waals surface area (Å²) in [6, 6.07) is 6.79. The van der Waals surface area contributed by atoms with E-state index in [9.17, 15) is 0 Å². The first-order valence-corrected chi connectivity index (χ1v) is 4.37. The molecule has 3 heteroatoms. The van der Waals surface area contributed by atoms with E-state index >= 15 is 0 Å². The average molecular weight is 399 g/mol. The molecule has 0 atom stereocenters. The van der Waals surface area contributed by atoms with Gasteiger partial charge in [-0.05, 0) is 5.92 Å². The van der Waals surface area contributed by atoms with Crippen molar-refractivity contribution in [3.8, 4) is 0 Å². The molecule has 0 nitrogen and oxygen atoms in total. The van der Waals surface area contributed by atoms with Gasteiger partial charge in [-0.3, -0.25) is 0 Å². The molecule has 0 fully saturated rings. The summed E-state index contributed by atoms with van der Waals surface area (Å²) < 4.78 is 0. The van der Waals surface area contributed by atoms with Gasteiger partial charge in [0.2, 0.25) is 0 Å². The quantitative estimate of drug-likeness (QED) is 0.387. The molecule has 0 heterocycles. The first kappa shape index (κ1) is 20.2. The third-order valence-corrected chi connectivity index (χ3v) is 2.13. The summed E-state index contributed by atoms with van der Waals surface area (Å²) in [6.07, 6.45) is 0. The minimum atomic E-state index is 0. The first-order valence-electron chi connectivity index (χ1n) is 4.37. The zero-order valence-electron chi connectivity index (χ0n) is 9.14. The van der Waals surface area contributed by atoms with Crippen molar-refractivity contribution in [2.75, 3.05) is 0 Å². The zero-order chi connectivity index (χ0) is 8.43. The standard InChI is InChI=1S/C11H17.2ClH.Hf/c1-8(2)10-5-6-11(7-10)9(3)4;;;/h5-9H,1-4H3;2*1H;/q-1;;;/p-2. The van der Waals surface area contributed by atoms with Crippen molar-refractivity contribution < 1.29 is 50.7 Å². The molecule has 0 unspecified atom stereocenters. The van der Waals surface area contributed by atoms with Crippen molar-refractivity contribution in [2.24, 2.45) is 0 Å². The topological polar surface area (TPSA) is 0 Å². The fraction of sp³-hybridized carbons (Fsp3) is 0.545. The van der Waals surface area contributed by atoms with Gasteiger partial charge in [-0.15, -0.1) is 0 Å². The molecule has 0 amide bonds. The molecule has 0 spiro atoms. The molecule has 0 aliphatic carbocycles. The van der Waals surface area contributed by atoms with E-state index in [1.54, 1.807) is 0 Å². The van der Waals surface area contributed by atoms with Crippen LogP contribution in [0.4, 0.5) is 0 Å². The molecular formula is C11H17Cl2Hf-3. The van der Waals surface area contributed by atoms with Gasteiger partial charge in [0.1, 0.15) is 0 Å². The van der Waals surface area contributed by atoms with Gasteiger partial charge >= 0.3 is 0 Å². The smallest absolute Gasteiger partial charge is 0 e. The summed E-state index contributed by atoms with van der Waals surface area (Å²) in [7, 11) is 0. The van der Waals surface area contributed by atoms with Crippen LogP contribution in [-0.4, -0.2) is 0 Å². The van der Waals surface area contributed by atoms with E-state index < -0.39 is 0 Å².